The fraction of sp³-hybridized carbons (Fsp3) is 0.684. The molecule has 2 atom stereocenters. The predicted molar refractivity (Wildman–Crippen MR) is 96.8 cm³/mol. The van der Waals surface area contributed by atoms with Gasteiger partial charge in [-0.25, -0.2) is 0 Å². The molecule has 0 bridgehead atoms. The molecule has 0 amide bonds. The summed E-state index contributed by atoms with van der Waals surface area (Å²) < 4.78 is 16.2. The van der Waals surface area contributed by atoms with Crippen LogP contribution < -0.4 is 9.47 Å². The molecule has 0 aliphatic carbocycles. The van der Waals surface area contributed by atoms with Crippen LogP contribution in [0.1, 0.15) is 39.7 Å². The Hall–Kier alpha value is -1.30. The number of aliphatic hydroxyl groups is 1. The second-order valence-corrected chi connectivity index (χ2v) is 6.41. The molecular weight excluding hydrogens is 306 g/mol. The lowest BCUT2D eigenvalue weighted by Gasteiger charge is -2.30. The average molecular weight is 339 g/mol. The molecular formula is C19H33NO4. The summed E-state index contributed by atoms with van der Waals surface area (Å²) in [5.74, 6) is 1.45. The Balaban J connectivity index is 2.79. The van der Waals surface area contributed by atoms with Crippen LogP contribution in [0.25, 0.3) is 0 Å². The van der Waals surface area contributed by atoms with Gasteiger partial charge in [0.2, 0.25) is 0 Å². The van der Waals surface area contributed by atoms with Crippen molar-refractivity contribution in [3.05, 3.63) is 23.8 Å². The SMILES string of the molecule is CC[C@@H](C)N(Cc1ccc(OC)c(OC)c1)C[C@H](O)COC(C)C. The van der Waals surface area contributed by atoms with Crippen LogP contribution in [0.4, 0.5) is 0 Å². The van der Waals surface area contributed by atoms with Gasteiger partial charge in [-0.2, -0.15) is 0 Å². The molecule has 5 nitrogen and oxygen atoms in total. The van der Waals surface area contributed by atoms with Crippen LogP contribution in [0.5, 0.6) is 11.5 Å². The number of rotatable bonds is 11. The number of aliphatic hydroxyl groups excluding tert-OH is 1. The van der Waals surface area contributed by atoms with E-state index >= 15 is 0 Å². The number of ether oxygens (including phenoxy) is 3. The van der Waals surface area contributed by atoms with E-state index in [0.29, 0.717) is 19.2 Å². The van der Waals surface area contributed by atoms with Crippen LogP contribution in [0.2, 0.25) is 0 Å². The Labute approximate surface area is 146 Å². The van der Waals surface area contributed by atoms with Gasteiger partial charge >= 0.3 is 0 Å². The van der Waals surface area contributed by atoms with Crippen LogP contribution in [0.3, 0.4) is 0 Å². The topological polar surface area (TPSA) is 51.2 Å². The van der Waals surface area contributed by atoms with Gasteiger partial charge in [0.05, 0.1) is 33.0 Å². The smallest absolute Gasteiger partial charge is 0.161 e. The van der Waals surface area contributed by atoms with E-state index in [9.17, 15) is 5.11 Å². The largest absolute Gasteiger partial charge is 0.493 e. The van der Waals surface area contributed by atoms with E-state index < -0.39 is 6.10 Å². The molecule has 0 fully saturated rings. The van der Waals surface area contributed by atoms with Crippen molar-refractivity contribution in [2.45, 2.75) is 58.9 Å². The normalized spacial score (nSPS) is 14.0. The molecule has 24 heavy (non-hydrogen) atoms. The molecule has 0 aliphatic rings. The molecule has 1 aromatic rings. The van der Waals surface area contributed by atoms with E-state index in [0.717, 1.165) is 30.0 Å². The number of hydrogen-bond acceptors (Lipinski definition) is 5. The highest BCUT2D eigenvalue weighted by Gasteiger charge is 2.18. The van der Waals surface area contributed by atoms with E-state index in [4.69, 9.17) is 14.2 Å². The molecule has 0 aromatic heterocycles. The zero-order valence-corrected chi connectivity index (χ0v) is 15.9. The number of hydrogen-bond donors (Lipinski definition) is 1. The molecule has 1 N–H and O–H groups in total. The Morgan fingerprint density at radius 2 is 1.75 bits per heavy atom. The zero-order chi connectivity index (χ0) is 18.1. The van der Waals surface area contributed by atoms with Crippen molar-refractivity contribution in [3.8, 4) is 11.5 Å². The summed E-state index contributed by atoms with van der Waals surface area (Å²) >= 11 is 0. The van der Waals surface area contributed by atoms with Crippen molar-refractivity contribution in [2.75, 3.05) is 27.4 Å². The predicted octanol–water partition coefficient (Wildman–Crippen LogP) is 3.09. The lowest BCUT2D eigenvalue weighted by molar-refractivity contribution is -0.0149. The monoisotopic (exact) mass is 339 g/mol. The Morgan fingerprint density at radius 3 is 2.29 bits per heavy atom. The first-order valence-corrected chi connectivity index (χ1v) is 8.65. The van der Waals surface area contributed by atoms with Gasteiger partial charge in [-0.1, -0.05) is 13.0 Å². The van der Waals surface area contributed by atoms with Crippen LogP contribution in [-0.4, -0.2) is 55.6 Å². The Morgan fingerprint density at radius 1 is 1.08 bits per heavy atom. The molecule has 1 rings (SSSR count). The summed E-state index contributed by atoms with van der Waals surface area (Å²) in [6, 6.07) is 6.31. The lowest BCUT2D eigenvalue weighted by Crippen LogP contribution is -2.40. The van der Waals surface area contributed by atoms with Crippen LogP contribution >= 0.6 is 0 Å². The quantitative estimate of drug-likeness (QED) is 0.671. The van der Waals surface area contributed by atoms with Crippen molar-refractivity contribution >= 4 is 0 Å². The fourth-order valence-electron chi connectivity index (χ4n) is 2.50. The van der Waals surface area contributed by atoms with E-state index in [1.807, 2.05) is 32.0 Å². The van der Waals surface area contributed by atoms with Crippen LogP contribution in [0.15, 0.2) is 18.2 Å². The maximum absolute atomic E-state index is 10.3. The van der Waals surface area contributed by atoms with E-state index in [-0.39, 0.29) is 6.10 Å². The Kier molecular flexibility index (Phi) is 9.11. The fourth-order valence-corrected chi connectivity index (χ4v) is 2.50. The van der Waals surface area contributed by atoms with Crippen molar-refractivity contribution in [1.29, 1.82) is 0 Å². The highest BCUT2D eigenvalue weighted by Crippen LogP contribution is 2.28. The summed E-state index contributed by atoms with van der Waals surface area (Å²) in [5.41, 5.74) is 1.13. The van der Waals surface area contributed by atoms with Crippen LogP contribution in [0, 0.1) is 0 Å². The standard InChI is InChI=1S/C19H33NO4/c1-7-15(4)20(12-17(21)13-24-14(2)3)11-16-8-9-18(22-5)19(10-16)23-6/h8-10,14-15,17,21H,7,11-13H2,1-6H3/t15-,17+/m1/s1. The van der Waals surface area contributed by atoms with E-state index in [2.05, 4.69) is 18.7 Å². The first-order valence-electron chi connectivity index (χ1n) is 8.65. The third-order valence-corrected chi connectivity index (χ3v) is 4.11. The van der Waals surface area contributed by atoms with Crippen LogP contribution in [-0.2, 0) is 11.3 Å². The van der Waals surface area contributed by atoms with Crippen molar-refractivity contribution < 1.29 is 19.3 Å². The van der Waals surface area contributed by atoms with Crippen molar-refractivity contribution in [3.63, 3.8) is 0 Å². The molecule has 0 saturated carbocycles. The van der Waals surface area contributed by atoms with Gasteiger partial charge in [0.1, 0.15) is 0 Å². The minimum absolute atomic E-state index is 0.127. The summed E-state index contributed by atoms with van der Waals surface area (Å²) in [6.45, 7) is 9.96. The van der Waals surface area contributed by atoms with Gasteiger partial charge in [0.15, 0.2) is 11.5 Å². The molecule has 0 heterocycles. The second kappa shape index (κ2) is 10.5. The molecule has 138 valence electrons. The molecule has 0 spiro atoms. The lowest BCUT2D eigenvalue weighted by atomic mass is 10.1. The van der Waals surface area contributed by atoms with Gasteiger partial charge in [0, 0.05) is 19.1 Å². The maximum Gasteiger partial charge on any atom is 0.161 e. The van der Waals surface area contributed by atoms with Gasteiger partial charge in [-0.15, -0.1) is 0 Å². The number of methoxy groups -OCH3 is 2. The van der Waals surface area contributed by atoms with Gasteiger partial charge < -0.3 is 19.3 Å². The highest BCUT2D eigenvalue weighted by molar-refractivity contribution is 5.42. The number of benzene rings is 1. The molecule has 0 aliphatic heterocycles. The first-order chi connectivity index (χ1) is 11.4. The minimum Gasteiger partial charge on any atom is -0.493 e. The van der Waals surface area contributed by atoms with Crippen molar-refractivity contribution in [2.24, 2.45) is 0 Å². The zero-order valence-electron chi connectivity index (χ0n) is 15.9. The summed E-state index contributed by atoms with van der Waals surface area (Å²) in [7, 11) is 3.27. The summed E-state index contributed by atoms with van der Waals surface area (Å²) in [4.78, 5) is 2.27. The second-order valence-electron chi connectivity index (χ2n) is 6.41. The number of nitrogens with zero attached hydrogens (tertiary/aromatic N) is 1. The van der Waals surface area contributed by atoms with Gasteiger partial charge in [-0.3, -0.25) is 4.90 Å². The van der Waals surface area contributed by atoms with Gasteiger partial charge in [-0.05, 0) is 44.9 Å². The minimum atomic E-state index is -0.499. The summed E-state index contributed by atoms with van der Waals surface area (Å²) in [5, 5.41) is 10.3. The third-order valence-electron chi connectivity index (χ3n) is 4.11. The summed E-state index contributed by atoms with van der Waals surface area (Å²) in [6.07, 6.45) is 0.648. The third kappa shape index (κ3) is 6.67. The molecule has 0 radical (unpaired) electrons. The van der Waals surface area contributed by atoms with E-state index in [1.165, 1.54) is 0 Å². The highest BCUT2D eigenvalue weighted by atomic mass is 16.5. The molecule has 0 saturated heterocycles. The molecule has 5 heteroatoms. The first kappa shape index (κ1) is 20.7. The van der Waals surface area contributed by atoms with Gasteiger partial charge in [0.25, 0.3) is 0 Å². The van der Waals surface area contributed by atoms with Crippen molar-refractivity contribution in [1.82, 2.24) is 4.90 Å². The molecule has 1 aromatic carbocycles. The average Bonchev–Trinajstić information content (AvgIpc) is 2.58. The van der Waals surface area contributed by atoms with E-state index in [1.54, 1.807) is 14.2 Å². The molecule has 0 unspecified atom stereocenters. The maximum atomic E-state index is 10.3. The Bertz CT molecular complexity index is 478.